The van der Waals surface area contributed by atoms with Gasteiger partial charge in [-0.2, -0.15) is 13.2 Å². The molecule has 0 unspecified atom stereocenters. The van der Waals surface area contributed by atoms with E-state index in [1.807, 2.05) is 0 Å². The Hall–Kier alpha value is -0.550. The maximum Gasteiger partial charge on any atom is 0.417 e. The lowest BCUT2D eigenvalue weighted by atomic mass is 10.0. The standard InChI is InChI=1S/C10H8BrF3O/c11-8-2-1-6(9(15)3-4-9)5-7(8)10(12,13)14/h1-2,5,15H,3-4H2. The molecule has 1 N–H and O–H groups in total. The van der Waals surface area contributed by atoms with Crippen LogP contribution in [0.25, 0.3) is 0 Å². The van der Waals surface area contributed by atoms with Crippen molar-refractivity contribution >= 4 is 15.9 Å². The largest absolute Gasteiger partial charge is 0.417 e. The molecule has 1 aliphatic carbocycles. The summed E-state index contributed by atoms with van der Waals surface area (Å²) in [5.74, 6) is 0. The average molecular weight is 281 g/mol. The van der Waals surface area contributed by atoms with Crippen LogP contribution in [-0.2, 0) is 11.8 Å². The van der Waals surface area contributed by atoms with Gasteiger partial charge >= 0.3 is 6.18 Å². The van der Waals surface area contributed by atoms with Crippen LogP contribution in [-0.4, -0.2) is 5.11 Å². The summed E-state index contributed by atoms with van der Waals surface area (Å²) in [5, 5.41) is 9.70. The molecule has 0 heterocycles. The van der Waals surface area contributed by atoms with E-state index in [-0.39, 0.29) is 4.47 Å². The zero-order chi connectivity index (χ0) is 11.3. The Labute approximate surface area is 93.0 Å². The maximum atomic E-state index is 12.5. The minimum absolute atomic E-state index is 0.00278. The second-order valence-electron chi connectivity index (χ2n) is 3.72. The van der Waals surface area contributed by atoms with Gasteiger partial charge in [0.15, 0.2) is 0 Å². The molecule has 1 fully saturated rings. The van der Waals surface area contributed by atoms with Gasteiger partial charge in [0.2, 0.25) is 0 Å². The van der Waals surface area contributed by atoms with Gasteiger partial charge in [-0.05, 0) is 30.5 Å². The lowest BCUT2D eigenvalue weighted by Gasteiger charge is -2.13. The van der Waals surface area contributed by atoms with E-state index in [9.17, 15) is 18.3 Å². The lowest BCUT2D eigenvalue weighted by Crippen LogP contribution is -2.10. The highest BCUT2D eigenvalue weighted by atomic mass is 79.9. The number of hydrogen-bond acceptors (Lipinski definition) is 1. The van der Waals surface area contributed by atoms with Crippen molar-refractivity contribution in [3.8, 4) is 0 Å². The number of aliphatic hydroxyl groups is 1. The summed E-state index contributed by atoms with van der Waals surface area (Å²) < 4.78 is 37.6. The van der Waals surface area contributed by atoms with Crippen molar-refractivity contribution < 1.29 is 18.3 Å². The molecule has 0 radical (unpaired) electrons. The Bertz CT molecular complexity index is 396. The van der Waals surface area contributed by atoms with Gasteiger partial charge in [0.05, 0.1) is 11.2 Å². The Morgan fingerprint density at radius 2 is 1.87 bits per heavy atom. The van der Waals surface area contributed by atoms with Crippen LogP contribution in [0, 0.1) is 0 Å². The minimum atomic E-state index is -4.39. The van der Waals surface area contributed by atoms with E-state index >= 15 is 0 Å². The summed E-state index contributed by atoms with van der Waals surface area (Å²) in [6.07, 6.45) is -3.32. The number of alkyl halides is 3. The summed E-state index contributed by atoms with van der Waals surface area (Å²) in [7, 11) is 0. The maximum absolute atomic E-state index is 12.5. The van der Waals surface area contributed by atoms with Gasteiger partial charge in [0.1, 0.15) is 0 Å². The topological polar surface area (TPSA) is 20.2 Å². The third-order valence-electron chi connectivity index (χ3n) is 2.53. The SMILES string of the molecule is OC1(c2ccc(Br)c(C(F)(F)F)c2)CC1. The molecule has 0 aliphatic heterocycles. The zero-order valence-electron chi connectivity index (χ0n) is 7.61. The van der Waals surface area contributed by atoms with Gasteiger partial charge in [-0.1, -0.05) is 22.0 Å². The molecule has 0 amide bonds. The van der Waals surface area contributed by atoms with Crippen molar-refractivity contribution in [2.24, 2.45) is 0 Å². The molecule has 0 atom stereocenters. The van der Waals surface area contributed by atoms with Gasteiger partial charge in [-0.25, -0.2) is 0 Å². The smallest absolute Gasteiger partial charge is 0.385 e. The zero-order valence-corrected chi connectivity index (χ0v) is 9.19. The molecule has 1 aromatic rings. The molecular formula is C10H8BrF3O. The normalized spacial score (nSPS) is 19.0. The fraction of sp³-hybridized carbons (Fsp3) is 0.400. The molecule has 0 bridgehead atoms. The van der Waals surface area contributed by atoms with Crippen molar-refractivity contribution in [2.45, 2.75) is 24.6 Å². The summed E-state index contributed by atoms with van der Waals surface area (Å²) in [4.78, 5) is 0. The molecule has 15 heavy (non-hydrogen) atoms. The molecule has 0 aromatic heterocycles. The van der Waals surface area contributed by atoms with Gasteiger partial charge in [-0.15, -0.1) is 0 Å². The third-order valence-corrected chi connectivity index (χ3v) is 3.22. The quantitative estimate of drug-likeness (QED) is 0.836. The monoisotopic (exact) mass is 280 g/mol. The minimum Gasteiger partial charge on any atom is -0.385 e. The van der Waals surface area contributed by atoms with E-state index < -0.39 is 17.3 Å². The summed E-state index contributed by atoms with van der Waals surface area (Å²) >= 11 is 2.85. The van der Waals surface area contributed by atoms with Crippen LogP contribution < -0.4 is 0 Å². The summed E-state index contributed by atoms with van der Waals surface area (Å²) in [6, 6.07) is 3.86. The first kappa shape index (κ1) is 11.0. The first-order chi connectivity index (χ1) is 6.83. The number of hydrogen-bond donors (Lipinski definition) is 1. The Morgan fingerprint density at radius 3 is 2.33 bits per heavy atom. The number of rotatable bonds is 1. The summed E-state index contributed by atoms with van der Waals surface area (Å²) in [5.41, 5.74) is -1.42. The van der Waals surface area contributed by atoms with Crippen LogP contribution in [0.4, 0.5) is 13.2 Å². The van der Waals surface area contributed by atoms with Gasteiger partial charge < -0.3 is 5.11 Å². The molecule has 1 aromatic carbocycles. The highest BCUT2D eigenvalue weighted by molar-refractivity contribution is 9.10. The molecule has 82 valence electrons. The Morgan fingerprint density at radius 1 is 1.27 bits per heavy atom. The lowest BCUT2D eigenvalue weighted by molar-refractivity contribution is -0.138. The Kier molecular flexibility index (Phi) is 2.35. The van der Waals surface area contributed by atoms with E-state index in [1.165, 1.54) is 12.1 Å². The first-order valence-electron chi connectivity index (χ1n) is 4.42. The highest BCUT2D eigenvalue weighted by Crippen LogP contribution is 2.47. The van der Waals surface area contributed by atoms with E-state index in [0.29, 0.717) is 18.4 Å². The average Bonchev–Trinajstić information content (AvgIpc) is 2.83. The van der Waals surface area contributed by atoms with Crippen molar-refractivity contribution in [3.63, 3.8) is 0 Å². The molecular weight excluding hydrogens is 273 g/mol. The molecule has 1 aliphatic rings. The van der Waals surface area contributed by atoms with Crippen LogP contribution in [0.3, 0.4) is 0 Å². The predicted molar refractivity (Wildman–Crippen MR) is 52.3 cm³/mol. The second-order valence-corrected chi connectivity index (χ2v) is 4.58. The molecule has 0 spiro atoms. The number of benzene rings is 1. The third kappa shape index (κ3) is 2.03. The first-order valence-corrected chi connectivity index (χ1v) is 5.22. The van der Waals surface area contributed by atoms with E-state index in [1.54, 1.807) is 0 Å². The fourth-order valence-electron chi connectivity index (χ4n) is 1.44. The Balaban J connectivity index is 2.46. The van der Waals surface area contributed by atoms with Crippen LogP contribution in [0.2, 0.25) is 0 Å². The molecule has 0 saturated heterocycles. The van der Waals surface area contributed by atoms with Crippen LogP contribution >= 0.6 is 15.9 Å². The highest BCUT2D eigenvalue weighted by Gasteiger charge is 2.43. The van der Waals surface area contributed by atoms with Crippen molar-refractivity contribution in [2.75, 3.05) is 0 Å². The molecule has 5 heteroatoms. The van der Waals surface area contributed by atoms with Gasteiger partial charge in [0, 0.05) is 4.47 Å². The van der Waals surface area contributed by atoms with Crippen molar-refractivity contribution in [3.05, 3.63) is 33.8 Å². The van der Waals surface area contributed by atoms with Crippen molar-refractivity contribution in [1.82, 2.24) is 0 Å². The molecule has 1 saturated carbocycles. The van der Waals surface area contributed by atoms with E-state index in [2.05, 4.69) is 15.9 Å². The predicted octanol–water partition coefficient (Wildman–Crippen LogP) is 3.45. The number of halogens is 4. The van der Waals surface area contributed by atoms with Crippen LogP contribution in [0.1, 0.15) is 24.0 Å². The van der Waals surface area contributed by atoms with Crippen LogP contribution in [0.5, 0.6) is 0 Å². The fourth-order valence-corrected chi connectivity index (χ4v) is 1.91. The second kappa shape index (κ2) is 3.22. The van der Waals surface area contributed by atoms with E-state index in [4.69, 9.17) is 0 Å². The van der Waals surface area contributed by atoms with Gasteiger partial charge in [-0.3, -0.25) is 0 Å². The van der Waals surface area contributed by atoms with Crippen molar-refractivity contribution in [1.29, 1.82) is 0 Å². The van der Waals surface area contributed by atoms with Gasteiger partial charge in [0.25, 0.3) is 0 Å². The molecule has 1 nitrogen and oxygen atoms in total. The van der Waals surface area contributed by atoms with Crippen LogP contribution in [0.15, 0.2) is 22.7 Å². The summed E-state index contributed by atoms with van der Waals surface area (Å²) in [6.45, 7) is 0. The van der Waals surface area contributed by atoms with E-state index in [0.717, 1.165) is 6.07 Å². The molecule has 2 rings (SSSR count).